The summed E-state index contributed by atoms with van der Waals surface area (Å²) in [4.78, 5) is 0. The van der Waals surface area contributed by atoms with Crippen molar-refractivity contribution in [1.29, 1.82) is 0 Å². The third-order valence-corrected chi connectivity index (χ3v) is 4.09. The summed E-state index contributed by atoms with van der Waals surface area (Å²) in [5.74, 6) is 0. The molecule has 0 spiro atoms. The van der Waals surface area contributed by atoms with Crippen molar-refractivity contribution < 1.29 is 0 Å². The Morgan fingerprint density at radius 2 is 1.40 bits per heavy atom. The molecule has 0 saturated heterocycles. The maximum Gasteiger partial charge on any atom is 0.0420 e. The average Bonchev–Trinajstić information content (AvgIpc) is 2.51. The van der Waals surface area contributed by atoms with Crippen LogP contribution in [0, 0.1) is 0 Å². The second-order valence-corrected chi connectivity index (χ2v) is 5.40. The Balaban J connectivity index is 2.14. The van der Waals surface area contributed by atoms with Gasteiger partial charge in [0.15, 0.2) is 0 Å². The van der Waals surface area contributed by atoms with Gasteiger partial charge in [0.05, 0.1) is 0 Å². The van der Waals surface area contributed by atoms with Gasteiger partial charge in [0.1, 0.15) is 0 Å². The zero-order chi connectivity index (χ0) is 13.5. The molecule has 0 aliphatic carbocycles. The average molecular weight is 259 g/mol. The highest BCUT2D eigenvalue weighted by Crippen LogP contribution is 2.37. The summed E-state index contributed by atoms with van der Waals surface area (Å²) in [6.07, 6.45) is 1.14. The molecule has 20 heavy (non-hydrogen) atoms. The van der Waals surface area contributed by atoms with Gasteiger partial charge in [0, 0.05) is 17.6 Å². The largest absolute Gasteiger partial charge is 0.385 e. The molecule has 0 saturated carbocycles. The van der Waals surface area contributed by atoms with E-state index in [1.165, 1.54) is 38.0 Å². The van der Waals surface area contributed by atoms with E-state index in [1.807, 2.05) is 0 Å². The summed E-state index contributed by atoms with van der Waals surface area (Å²) in [7, 11) is 0. The Bertz CT molecular complexity index is 876. The van der Waals surface area contributed by atoms with Gasteiger partial charge in [-0.1, -0.05) is 55.5 Å². The number of hydrogen-bond donors (Lipinski definition) is 1. The van der Waals surface area contributed by atoms with Gasteiger partial charge in [-0.3, -0.25) is 0 Å². The minimum Gasteiger partial charge on any atom is -0.385 e. The molecule has 0 radical (unpaired) electrons. The second-order valence-electron chi connectivity index (χ2n) is 5.40. The fourth-order valence-electron chi connectivity index (χ4n) is 3.15. The number of anilines is 1. The van der Waals surface area contributed by atoms with Crippen molar-refractivity contribution >= 4 is 38.0 Å². The van der Waals surface area contributed by atoms with Crippen LogP contribution >= 0.6 is 0 Å². The standard InChI is InChI=1S/C19H17N/c1-2-12-20-17-11-9-15-7-6-13-4-3-5-14-8-10-16(17)19(15)18(13)14/h3-11,20H,2,12H2,1H3. The molecule has 4 aromatic carbocycles. The Morgan fingerprint density at radius 1 is 0.750 bits per heavy atom. The summed E-state index contributed by atoms with van der Waals surface area (Å²) in [6.45, 7) is 3.22. The number of hydrogen-bond acceptors (Lipinski definition) is 1. The third-order valence-electron chi connectivity index (χ3n) is 4.09. The normalized spacial score (nSPS) is 11.7. The fraction of sp³-hybridized carbons (Fsp3) is 0.158. The Labute approximate surface area is 118 Å². The van der Waals surface area contributed by atoms with Crippen LogP contribution < -0.4 is 5.32 Å². The van der Waals surface area contributed by atoms with Gasteiger partial charge < -0.3 is 5.32 Å². The van der Waals surface area contributed by atoms with Crippen molar-refractivity contribution in [3.63, 3.8) is 0 Å². The smallest absolute Gasteiger partial charge is 0.0420 e. The maximum absolute atomic E-state index is 3.55. The Kier molecular flexibility index (Phi) is 2.53. The molecule has 0 atom stereocenters. The van der Waals surface area contributed by atoms with Crippen LogP contribution in [0.2, 0.25) is 0 Å². The van der Waals surface area contributed by atoms with Crippen molar-refractivity contribution in [2.75, 3.05) is 11.9 Å². The van der Waals surface area contributed by atoms with Crippen molar-refractivity contribution in [3.05, 3.63) is 54.6 Å². The summed E-state index contributed by atoms with van der Waals surface area (Å²) < 4.78 is 0. The predicted molar refractivity (Wildman–Crippen MR) is 88.9 cm³/mol. The van der Waals surface area contributed by atoms with Crippen molar-refractivity contribution in [2.45, 2.75) is 13.3 Å². The van der Waals surface area contributed by atoms with E-state index in [4.69, 9.17) is 0 Å². The lowest BCUT2D eigenvalue weighted by Gasteiger charge is -2.14. The molecule has 0 unspecified atom stereocenters. The molecule has 1 nitrogen and oxygen atoms in total. The number of nitrogens with one attached hydrogen (secondary N) is 1. The van der Waals surface area contributed by atoms with Crippen LogP contribution in [0.15, 0.2) is 54.6 Å². The van der Waals surface area contributed by atoms with Gasteiger partial charge >= 0.3 is 0 Å². The van der Waals surface area contributed by atoms with Crippen molar-refractivity contribution in [1.82, 2.24) is 0 Å². The minimum absolute atomic E-state index is 1.02. The minimum atomic E-state index is 1.02. The molecule has 0 heterocycles. The van der Waals surface area contributed by atoms with E-state index in [9.17, 15) is 0 Å². The first-order valence-corrected chi connectivity index (χ1v) is 7.29. The molecule has 1 heteroatoms. The van der Waals surface area contributed by atoms with E-state index >= 15 is 0 Å². The highest BCUT2D eigenvalue weighted by molar-refractivity contribution is 6.25. The van der Waals surface area contributed by atoms with Gasteiger partial charge in [0.2, 0.25) is 0 Å². The first-order chi connectivity index (χ1) is 9.88. The molecule has 4 aromatic rings. The third kappa shape index (κ3) is 1.56. The van der Waals surface area contributed by atoms with E-state index in [2.05, 4.69) is 66.8 Å². The van der Waals surface area contributed by atoms with Gasteiger partial charge in [-0.05, 0) is 39.4 Å². The van der Waals surface area contributed by atoms with Gasteiger partial charge in [0.25, 0.3) is 0 Å². The molecule has 0 aliphatic rings. The van der Waals surface area contributed by atoms with Crippen molar-refractivity contribution in [2.24, 2.45) is 0 Å². The van der Waals surface area contributed by atoms with Crippen LogP contribution in [0.1, 0.15) is 13.3 Å². The molecular weight excluding hydrogens is 242 g/mol. The molecule has 0 aromatic heterocycles. The van der Waals surface area contributed by atoms with E-state index in [0.717, 1.165) is 13.0 Å². The summed E-state index contributed by atoms with van der Waals surface area (Å²) in [6, 6.07) is 19.9. The Morgan fingerprint density at radius 3 is 2.15 bits per heavy atom. The van der Waals surface area contributed by atoms with Crippen LogP contribution in [-0.2, 0) is 0 Å². The molecule has 98 valence electrons. The monoisotopic (exact) mass is 259 g/mol. The maximum atomic E-state index is 3.55. The predicted octanol–water partition coefficient (Wildman–Crippen LogP) is 5.41. The zero-order valence-corrected chi connectivity index (χ0v) is 11.6. The van der Waals surface area contributed by atoms with E-state index in [-0.39, 0.29) is 0 Å². The molecule has 4 rings (SSSR count). The second kappa shape index (κ2) is 4.38. The highest BCUT2D eigenvalue weighted by Gasteiger charge is 2.09. The molecule has 1 N–H and O–H groups in total. The van der Waals surface area contributed by atoms with E-state index in [0.29, 0.717) is 0 Å². The topological polar surface area (TPSA) is 12.0 Å². The Hall–Kier alpha value is -2.28. The molecule has 0 amide bonds. The van der Waals surface area contributed by atoms with Crippen LogP contribution in [-0.4, -0.2) is 6.54 Å². The highest BCUT2D eigenvalue weighted by atomic mass is 14.9. The lowest BCUT2D eigenvalue weighted by molar-refractivity contribution is 0.982. The van der Waals surface area contributed by atoms with Gasteiger partial charge in [-0.25, -0.2) is 0 Å². The van der Waals surface area contributed by atoms with Crippen LogP contribution in [0.5, 0.6) is 0 Å². The summed E-state index contributed by atoms with van der Waals surface area (Å²) in [5.41, 5.74) is 1.25. The summed E-state index contributed by atoms with van der Waals surface area (Å²) in [5, 5.41) is 11.6. The lowest BCUT2D eigenvalue weighted by atomic mass is 9.93. The summed E-state index contributed by atoms with van der Waals surface area (Å²) >= 11 is 0. The first kappa shape index (κ1) is 11.5. The SMILES string of the molecule is CCCNc1ccc2ccc3cccc4ccc1c2c34. The number of rotatable bonds is 3. The molecular formula is C19H17N. The zero-order valence-electron chi connectivity index (χ0n) is 11.6. The fourth-order valence-corrected chi connectivity index (χ4v) is 3.15. The lowest BCUT2D eigenvalue weighted by Crippen LogP contribution is -2.00. The van der Waals surface area contributed by atoms with E-state index in [1.54, 1.807) is 0 Å². The van der Waals surface area contributed by atoms with Crippen LogP contribution in [0.3, 0.4) is 0 Å². The number of benzene rings is 4. The molecule has 0 aliphatic heterocycles. The van der Waals surface area contributed by atoms with Crippen molar-refractivity contribution in [3.8, 4) is 0 Å². The van der Waals surface area contributed by atoms with Crippen LogP contribution in [0.4, 0.5) is 5.69 Å². The first-order valence-electron chi connectivity index (χ1n) is 7.29. The van der Waals surface area contributed by atoms with Gasteiger partial charge in [-0.2, -0.15) is 0 Å². The quantitative estimate of drug-likeness (QED) is 0.485. The molecule has 0 fully saturated rings. The molecule has 0 bridgehead atoms. The van der Waals surface area contributed by atoms with Gasteiger partial charge in [-0.15, -0.1) is 0 Å². The van der Waals surface area contributed by atoms with E-state index < -0.39 is 0 Å². The van der Waals surface area contributed by atoms with Crippen LogP contribution in [0.25, 0.3) is 32.3 Å².